The molecule has 1 aromatic carbocycles. The van der Waals surface area contributed by atoms with Crippen LogP contribution in [0.25, 0.3) is 10.9 Å². The van der Waals surface area contributed by atoms with Gasteiger partial charge in [-0.25, -0.2) is 4.98 Å². The van der Waals surface area contributed by atoms with Gasteiger partial charge in [-0.05, 0) is 28.1 Å². The van der Waals surface area contributed by atoms with Crippen LogP contribution < -0.4 is 5.56 Å². The van der Waals surface area contributed by atoms with Crippen molar-refractivity contribution in [3.8, 4) is 0 Å². The standard InChI is InChI=1S/C15H15Br2F3N4O/c16-9-5-10-13(11(17)6-9)21-12(22-14(10)25)7-23-1-3-24(4-2-23)8-15(18,19)20/h5-6H,1-4,7-8H2,(H,21,22,25). The Morgan fingerprint density at radius 2 is 1.76 bits per heavy atom. The van der Waals surface area contributed by atoms with Crippen LogP contribution in [-0.4, -0.2) is 58.7 Å². The molecule has 0 radical (unpaired) electrons. The minimum atomic E-state index is -4.17. The molecule has 0 spiro atoms. The van der Waals surface area contributed by atoms with Gasteiger partial charge in [0.25, 0.3) is 5.56 Å². The first kappa shape index (κ1) is 18.8. The molecule has 25 heavy (non-hydrogen) atoms. The Kier molecular flexibility index (Phi) is 5.52. The summed E-state index contributed by atoms with van der Waals surface area (Å²) >= 11 is 6.74. The van der Waals surface area contributed by atoms with E-state index in [1.165, 1.54) is 4.90 Å². The highest BCUT2D eigenvalue weighted by molar-refractivity contribution is 9.11. The van der Waals surface area contributed by atoms with E-state index < -0.39 is 12.7 Å². The van der Waals surface area contributed by atoms with Gasteiger partial charge in [0.15, 0.2) is 0 Å². The van der Waals surface area contributed by atoms with Gasteiger partial charge in [0, 0.05) is 35.1 Å². The SMILES string of the molecule is O=c1[nH]c(CN2CCN(CC(F)(F)F)CC2)nc2c(Br)cc(Br)cc12. The number of nitrogens with zero attached hydrogens (tertiary/aromatic N) is 3. The van der Waals surface area contributed by atoms with Gasteiger partial charge in [0.05, 0.1) is 24.0 Å². The molecule has 0 bridgehead atoms. The van der Waals surface area contributed by atoms with E-state index in [0.717, 1.165) is 4.47 Å². The van der Waals surface area contributed by atoms with Crippen LogP contribution in [-0.2, 0) is 6.54 Å². The molecule has 1 aliphatic rings. The Labute approximate surface area is 158 Å². The molecule has 1 N–H and O–H groups in total. The van der Waals surface area contributed by atoms with Crippen molar-refractivity contribution in [2.24, 2.45) is 0 Å². The zero-order chi connectivity index (χ0) is 18.2. The van der Waals surface area contributed by atoms with Crippen molar-refractivity contribution < 1.29 is 13.2 Å². The molecule has 2 heterocycles. The van der Waals surface area contributed by atoms with Crippen molar-refractivity contribution in [2.45, 2.75) is 12.7 Å². The fourth-order valence-electron chi connectivity index (χ4n) is 2.86. The minimum Gasteiger partial charge on any atom is -0.309 e. The summed E-state index contributed by atoms with van der Waals surface area (Å²) in [6.45, 7) is 1.20. The lowest BCUT2D eigenvalue weighted by Crippen LogP contribution is -2.48. The molecule has 5 nitrogen and oxygen atoms in total. The number of hydrogen-bond donors (Lipinski definition) is 1. The average Bonchev–Trinajstić information content (AvgIpc) is 2.49. The fraction of sp³-hybridized carbons (Fsp3) is 0.467. The summed E-state index contributed by atoms with van der Waals surface area (Å²) in [5, 5.41) is 0.472. The third kappa shape index (κ3) is 4.81. The number of halogens is 5. The average molecular weight is 484 g/mol. The number of fused-ring (bicyclic) bond motifs is 1. The van der Waals surface area contributed by atoms with E-state index in [1.54, 1.807) is 6.07 Å². The summed E-state index contributed by atoms with van der Waals surface area (Å²) in [6, 6.07) is 3.51. The zero-order valence-corrected chi connectivity index (χ0v) is 16.2. The highest BCUT2D eigenvalue weighted by Crippen LogP contribution is 2.25. The lowest BCUT2D eigenvalue weighted by Gasteiger charge is -2.34. The smallest absolute Gasteiger partial charge is 0.309 e. The first-order chi connectivity index (χ1) is 11.7. The van der Waals surface area contributed by atoms with Gasteiger partial charge in [0.2, 0.25) is 0 Å². The maximum absolute atomic E-state index is 12.4. The van der Waals surface area contributed by atoms with E-state index in [-0.39, 0.29) is 5.56 Å². The molecular weight excluding hydrogens is 469 g/mol. The molecule has 0 atom stereocenters. The summed E-state index contributed by atoms with van der Waals surface area (Å²) < 4.78 is 38.8. The summed E-state index contributed by atoms with van der Waals surface area (Å²) in [7, 11) is 0. The first-order valence-electron chi connectivity index (χ1n) is 7.61. The lowest BCUT2D eigenvalue weighted by molar-refractivity contribution is -0.149. The van der Waals surface area contributed by atoms with Crippen molar-refractivity contribution in [2.75, 3.05) is 32.7 Å². The Bertz CT molecular complexity index is 832. The van der Waals surface area contributed by atoms with Crippen LogP contribution in [0.5, 0.6) is 0 Å². The Balaban J connectivity index is 1.71. The van der Waals surface area contributed by atoms with Crippen LogP contribution in [0.15, 0.2) is 25.9 Å². The number of aromatic amines is 1. The predicted molar refractivity (Wildman–Crippen MR) is 95.5 cm³/mol. The maximum Gasteiger partial charge on any atom is 0.401 e. The predicted octanol–water partition coefficient (Wildman–Crippen LogP) is 3.13. The number of aromatic nitrogens is 2. The second kappa shape index (κ2) is 7.34. The quantitative estimate of drug-likeness (QED) is 0.728. The molecule has 136 valence electrons. The van der Waals surface area contributed by atoms with Gasteiger partial charge >= 0.3 is 6.18 Å². The maximum atomic E-state index is 12.4. The van der Waals surface area contributed by atoms with E-state index >= 15 is 0 Å². The van der Waals surface area contributed by atoms with Crippen molar-refractivity contribution in [1.29, 1.82) is 0 Å². The van der Waals surface area contributed by atoms with Crippen molar-refractivity contribution in [3.63, 3.8) is 0 Å². The van der Waals surface area contributed by atoms with Crippen LogP contribution in [0, 0.1) is 0 Å². The number of nitrogens with one attached hydrogen (secondary N) is 1. The largest absolute Gasteiger partial charge is 0.401 e. The molecule has 10 heteroatoms. The highest BCUT2D eigenvalue weighted by Gasteiger charge is 2.32. The normalized spacial score (nSPS) is 17.3. The third-order valence-corrected chi connectivity index (χ3v) is 5.08. The van der Waals surface area contributed by atoms with Gasteiger partial charge in [-0.1, -0.05) is 15.9 Å². The van der Waals surface area contributed by atoms with E-state index in [1.807, 2.05) is 11.0 Å². The monoisotopic (exact) mass is 482 g/mol. The molecule has 3 rings (SSSR count). The second-order valence-corrected chi connectivity index (χ2v) is 7.73. The van der Waals surface area contributed by atoms with Gasteiger partial charge in [-0.15, -0.1) is 0 Å². The molecule has 1 aromatic heterocycles. The summed E-state index contributed by atoms with van der Waals surface area (Å²) in [6.07, 6.45) is -4.17. The summed E-state index contributed by atoms with van der Waals surface area (Å²) in [5.41, 5.74) is 0.329. The molecule has 2 aromatic rings. The van der Waals surface area contributed by atoms with E-state index in [2.05, 4.69) is 41.8 Å². The highest BCUT2D eigenvalue weighted by atomic mass is 79.9. The minimum absolute atomic E-state index is 0.238. The first-order valence-corrected chi connectivity index (χ1v) is 9.19. The van der Waals surface area contributed by atoms with Crippen LogP contribution in [0.1, 0.15) is 5.82 Å². The topological polar surface area (TPSA) is 52.2 Å². The number of benzene rings is 1. The lowest BCUT2D eigenvalue weighted by atomic mass is 10.2. The van der Waals surface area contributed by atoms with Crippen LogP contribution in [0.4, 0.5) is 13.2 Å². The molecule has 0 saturated carbocycles. The Morgan fingerprint density at radius 1 is 1.12 bits per heavy atom. The molecule has 1 aliphatic heterocycles. The Morgan fingerprint density at radius 3 is 2.40 bits per heavy atom. The zero-order valence-electron chi connectivity index (χ0n) is 13.0. The molecule has 0 aliphatic carbocycles. The van der Waals surface area contributed by atoms with Crippen molar-refractivity contribution in [3.05, 3.63) is 37.3 Å². The van der Waals surface area contributed by atoms with Crippen LogP contribution in [0.3, 0.4) is 0 Å². The molecule has 1 fully saturated rings. The van der Waals surface area contributed by atoms with E-state index in [9.17, 15) is 18.0 Å². The van der Waals surface area contributed by atoms with Gasteiger partial charge in [-0.3, -0.25) is 14.6 Å². The van der Waals surface area contributed by atoms with Crippen molar-refractivity contribution in [1.82, 2.24) is 19.8 Å². The van der Waals surface area contributed by atoms with E-state index in [4.69, 9.17) is 0 Å². The summed E-state index contributed by atoms with van der Waals surface area (Å²) in [5.74, 6) is 0.504. The second-order valence-electron chi connectivity index (χ2n) is 5.96. The molecule has 1 saturated heterocycles. The number of H-pyrrole nitrogens is 1. The summed E-state index contributed by atoms with van der Waals surface area (Å²) in [4.78, 5) is 22.9. The molecular formula is C15H15Br2F3N4O. The van der Waals surface area contributed by atoms with Crippen LogP contribution in [0.2, 0.25) is 0 Å². The van der Waals surface area contributed by atoms with Crippen molar-refractivity contribution >= 4 is 42.8 Å². The van der Waals surface area contributed by atoms with Crippen LogP contribution >= 0.6 is 31.9 Å². The van der Waals surface area contributed by atoms with E-state index in [0.29, 0.717) is 53.9 Å². The fourth-order valence-corrected chi connectivity index (χ4v) is 4.17. The molecule has 0 amide bonds. The third-order valence-electron chi connectivity index (χ3n) is 4.02. The van der Waals surface area contributed by atoms with Gasteiger partial charge < -0.3 is 4.98 Å². The Hall–Kier alpha value is -0.970. The number of hydrogen-bond acceptors (Lipinski definition) is 4. The number of piperazine rings is 1. The van der Waals surface area contributed by atoms with Gasteiger partial charge in [-0.2, -0.15) is 13.2 Å². The molecule has 0 unspecified atom stereocenters. The van der Waals surface area contributed by atoms with Gasteiger partial charge in [0.1, 0.15) is 5.82 Å². The number of alkyl halides is 3. The number of rotatable bonds is 3.